The minimum Gasteiger partial charge on any atom is -0.378 e. The highest BCUT2D eigenvalue weighted by Crippen LogP contribution is 2.19. The Morgan fingerprint density at radius 3 is 2.61 bits per heavy atom. The third-order valence-electron chi connectivity index (χ3n) is 2.90. The molecule has 118 valence electrons. The lowest BCUT2D eigenvalue weighted by molar-refractivity contribution is -0.112. The fraction of sp³-hybridized carbons (Fsp3) is 0.200. The van der Waals surface area contributed by atoms with E-state index in [1.54, 1.807) is 6.08 Å². The number of benzene rings is 1. The molecule has 0 saturated carbocycles. The topological polar surface area (TPSA) is 81.9 Å². The van der Waals surface area contributed by atoms with E-state index >= 15 is 0 Å². The fourth-order valence-corrected chi connectivity index (χ4v) is 2.81. The highest BCUT2D eigenvalue weighted by atomic mass is 32.2. The molecule has 1 amide bonds. The minimum absolute atomic E-state index is 0.0171. The molecule has 1 aromatic heterocycles. The van der Waals surface area contributed by atoms with Crippen molar-refractivity contribution in [2.24, 2.45) is 0 Å². The molecule has 0 bridgehead atoms. The molecule has 0 aliphatic rings. The van der Waals surface area contributed by atoms with Gasteiger partial charge >= 0.3 is 0 Å². The zero-order chi connectivity index (χ0) is 16.8. The number of nitriles is 1. The van der Waals surface area contributed by atoms with Gasteiger partial charge in [-0.3, -0.25) is 10.1 Å². The van der Waals surface area contributed by atoms with E-state index in [4.69, 9.17) is 0 Å². The van der Waals surface area contributed by atoms with Gasteiger partial charge in [-0.15, -0.1) is 0 Å². The van der Waals surface area contributed by atoms with Crippen LogP contribution in [-0.4, -0.2) is 35.6 Å². The maximum absolute atomic E-state index is 12.1. The van der Waals surface area contributed by atoms with Crippen molar-refractivity contribution in [3.63, 3.8) is 0 Å². The summed E-state index contributed by atoms with van der Waals surface area (Å²) in [7, 11) is 3.90. The van der Waals surface area contributed by atoms with Gasteiger partial charge in [-0.1, -0.05) is 23.9 Å². The highest BCUT2D eigenvalue weighted by molar-refractivity contribution is 7.98. The van der Waals surface area contributed by atoms with Crippen LogP contribution in [0, 0.1) is 11.3 Å². The Hall–Kier alpha value is -2.37. The number of nitrogens with zero attached hydrogens (tertiary/aromatic N) is 4. The summed E-state index contributed by atoms with van der Waals surface area (Å²) in [5.41, 5.74) is 1.84. The average molecular weight is 345 g/mol. The summed E-state index contributed by atoms with van der Waals surface area (Å²) in [5, 5.41) is 12.8. The maximum atomic E-state index is 12.1. The Morgan fingerprint density at radius 1 is 1.39 bits per heavy atom. The van der Waals surface area contributed by atoms with Crippen LogP contribution in [0.3, 0.4) is 0 Å². The van der Waals surface area contributed by atoms with Crippen LogP contribution in [0.15, 0.2) is 35.0 Å². The predicted octanol–water partition coefficient (Wildman–Crippen LogP) is 2.87. The Morgan fingerprint density at radius 2 is 2.09 bits per heavy atom. The standard InChI is InChI=1S/C15H15N5OS2/c1-20(2)12-6-4-10(5-7-12)8-11(9-16)13(21)17-14-18-15(22-3)19-23-14/h4-8H,1-3H3,(H,17,18,19,21)/b11-8-. The van der Waals surface area contributed by atoms with Crippen LogP contribution in [0.1, 0.15) is 5.56 Å². The summed E-state index contributed by atoms with van der Waals surface area (Å²) in [6, 6.07) is 9.48. The maximum Gasteiger partial charge on any atom is 0.268 e. The molecule has 8 heteroatoms. The molecule has 23 heavy (non-hydrogen) atoms. The first-order valence-electron chi connectivity index (χ1n) is 6.61. The molecule has 0 spiro atoms. The lowest BCUT2D eigenvalue weighted by Gasteiger charge is -2.11. The van der Waals surface area contributed by atoms with E-state index in [9.17, 15) is 10.1 Å². The van der Waals surface area contributed by atoms with Crippen molar-refractivity contribution in [2.75, 3.05) is 30.6 Å². The average Bonchev–Trinajstić information content (AvgIpc) is 3.00. The molecule has 0 aliphatic carbocycles. The number of rotatable bonds is 5. The van der Waals surface area contributed by atoms with E-state index in [0.717, 1.165) is 22.8 Å². The second-order valence-corrected chi connectivity index (χ2v) is 6.22. The Balaban J connectivity index is 2.14. The molecule has 0 radical (unpaired) electrons. The van der Waals surface area contributed by atoms with Crippen LogP contribution in [0.5, 0.6) is 0 Å². The van der Waals surface area contributed by atoms with Gasteiger partial charge in [0.15, 0.2) is 0 Å². The highest BCUT2D eigenvalue weighted by Gasteiger charge is 2.12. The van der Waals surface area contributed by atoms with Gasteiger partial charge in [-0.05, 0) is 30.0 Å². The fourth-order valence-electron chi connectivity index (χ4n) is 1.69. The van der Waals surface area contributed by atoms with E-state index in [2.05, 4.69) is 14.7 Å². The van der Waals surface area contributed by atoms with Crippen LogP contribution in [-0.2, 0) is 4.79 Å². The second kappa shape index (κ2) is 7.76. The molecule has 0 aliphatic heterocycles. The number of anilines is 2. The van der Waals surface area contributed by atoms with Crippen LogP contribution >= 0.6 is 23.3 Å². The van der Waals surface area contributed by atoms with Crippen LogP contribution in [0.25, 0.3) is 6.08 Å². The summed E-state index contributed by atoms with van der Waals surface area (Å²) >= 11 is 2.48. The van der Waals surface area contributed by atoms with Gasteiger partial charge in [0, 0.05) is 31.3 Å². The number of hydrogen-bond acceptors (Lipinski definition) is 7. The summed E-state index contributed by atoms with van der Waals surface area (Å²) in [6.45, 7) is 0. The summed E-state index contributed by atoms with van der Waals surface area (Å²) in [5.74, 6) is -0.493. The molecule has 6 nitrogen and oxygen atoms in total. The summed E-state index contributed by atoms with van der Waals surface area (Å²) < 4.78 is 4.05. The molecule has 0 unspecified atom stereocenters. The third kappa shape index (κ3) is 4.55. The molecule has 2 rings (SSSR count). The zero-order valence-corrected chi connectivity index (χ0v) is 14.5. The van der Waals surface area contributed by atoms with Crippen molar-refractivity contribution in [1.29, 1.82) is 5.26 Å². The van der Waals surface area contributed by atoms with Crippen molar-refractivity contribution in [1.82, 2.24) is 9.36 Å². The van der Waals surface area contributed by atoms with Gasteiger partial charge in [0.25, 0.3) is 5.91 Å². The van der Waals surface area contributed by atoms with Gasteiger partial charge < -0.3 is 4.90 Å². The molecular weight excluding hydrogens is 330 g/mol. The number of carbonyl (C=O) groups is 1. The number of amides is 1. The predicted molar refractivity (Wildman–Crippen MR) is 94.7 cm³/mol. The van der Waals surface area contributed by atoms with Gasteiger partial charge in [0.2, 0.25) is 10.3 Å². The molecular formula is C15H15N5OS2. The quantitative estimate of drug-likeness (QED) is 0.510. The minimum atomic E-state index is -0.493. The van der Waals surface area contributed by atoms with Gasteiger partial charge in [0.05, 0.1) is 0 Å². The van der Waals surface area contributed by atoms with Crippen molar-refractivity contribution >= 4 is 46.1 Å². The normalized spacial score (nSPS) is 11.0. The van der Waals surface area contributed by atoms with Crippen LogP contribution in [0.4, 0.5) is 10.8 Å². The lowest BCUT2D eigenvalue weighted by Crippen LogP contribution is -2.13. The van der Waals surface area contributed by atoms with Crippen LogP contribution in [0.2, 0.25) is 0 Å². The van der Waals surface area contributed by atoms with E-state index in [-0.39, 0.29) is 5.57 Å². The number of carbonyl (C=O) groups excluding carboxylic acids is 1. The number of aromatic nitrogens is 2. The number of nitrogens with one attached hydrogen (secondary N) is 1. The summed E-state index contributed by atoms with van der Waals surface area (Å²) in [4.78, 5) is 18.2. The first-order chi connectivity index (χ1) is 11.0. The largest absolute Gasteiger partial charge is 0.378 e. The van der Waals surface area contributed by atoms with Crippen molar-refractivity contribution in [3.05, 3.63) is 35.4 Å². The number of hydrogen-bond donors (Lipinski definition) is 1. The SMILES string of the molecule is CSc1nsc(NC(=O)/C(C#N)=C\c2ccc(N(C)C)cc2)n1. The van der Waals surface area contributed by atoms with Gasteiger partial charge in [-0.2, -0.15) is 14.6 Å². The monoisotopic (exact) mass is 345 g/mol. The molecule has 0 atom stereocenters. The molecule has 1 aromatic carbocycles. The van der Waals surface area contributed by atoms with Gasteiger partial charge in [-0.25, -0.2) is 0 Å². The Kier molecular flexibility index (Phi) is 5.73. The molecule has 1 heterocycles. The Bertz CT molecular complexity index is 759. The van der Waals surface area contributed by atoms with Crippen LogP contribution < -0.4 is 10.2 Å². The summed E-state index contributed by atoms with van der Waals surface area (Å²) in [6.07, 6.45) is 3.40. The van der Waals surface area contributed by atoms with E-state index in [0.29, 0.717) is 10.3 Å². The molecule has 2 aromatic rings. The zero-order valence-electron chi connectivity index (χ0n) is 12.9. The smallest absolute Gasteiger partial charge is 0.268 e. The third-order valence-corrected chi connectivity index (χ3v) is 4.19. The van der Waals surface area contributed by atoms with Gasteiger partial charge in [0.1, 0.15) is 11.6 Å². The van der Waals surface area contributed by atoms with Crippen molar-refractivity contribution in [2.45, 2.75) is 5.16 Å². The first kappa shape index (κ1) is 17.0. The van der Waals surface area contributed by atoms with E-state index in [1.807, 2.05) is 55.6 Å². The van der Waals surface area contributed by atoms with Crippen molar-refractivity contribution in [3.8, 4) is 6.07 Å². The first-order valence-corrected chi connectivity index (χ1v) is 8.61. The Labute approximate surface area is 143 Å². The number of thioether (sulfide) groups is 1. The molecule has 0 saturated heterocycles. The van der Waals surface area contributed by atoms with Crippen molar-refractivity contribution < 1.29 is 4.79 Å². The molecule has 0 fully saturated rings. The molecule has 1 N–H and O–H groups in total. The lowest BCUT2D eigenvalue weighted by atomic mass is 10.1. The van der Waals surface area contributed by atoms with E-state index < -0.39 is 5.91 Å². The second-order valence-electron chi connectivity index (χ2n) is 4.70. The van der Waals surface area contributed by atoms with E-state index in [1.165, 1.54) is 11.8 Å².